The summed E-state index contributed by atoms with van der Waals surface area (Å²) >= 11 is 0. The Bertz CT molecular complexity index is 263. The van der Waals surface area contributed by atoms with Crippen LogP contribution in [0.25, 0.3) is 0 Å². The van der Waals surface area contributed by atoms with Gasteiger partial charge in [0.25, 0.3) is 0 Å². The summed E-state index contributed by atoms with van der Waals surface area (Å²) in [5.74, 6) is 0. The summed E-state index contributed by atoms with van der Waals surface area (Å²) in [6, 6.07) is 9.05. The highest BCUT2D eigenvalue weighted by Gasteiger charge is 2.02. The van der Waals surface area contributed by atoms with E-state index in [1.807, 2.05) is 0 Å². The molecule has 1 atom stereocenters. The number of aryl methyl sites for hydroxylation is 1. The molecule has 1 aromatic carbocycles. The van der Waals surface area contributed by atoms with E-state index >= 15 is 0 Å². The summed E-state index contributed by atoms with van der Waals surface area (Å²) in [7, 11) is 2.28. The summed E-state index contributed by atoms with van der Waals surface area (Å²) in [6.45, 7) is 6.90. The lowest BCUT2D eigenvalue weighted by Crippen LogP contribution is -3.07. The maximum Gasteiger partial charge on any atom is 0.103 e. The van der Waals surface area contributed by atoms with E-state index in [2.05, 4.69) is 45.2 Å². The van der Waals surface area contributed by atoms with E-state index in [1.54, 1.807) is 4.90 Å². The van der Waals surface area contributed by atoms with E-state index in [-0.39, 0.29) is 0 Å². The number of benzene rings is 1. The fourth-order valence-electron chi connectivity index (χ4n) is 1.81. The van der Waals surface area contributed by atoms with E-state index in [9.17, 15) is 0 Å². The first kappa shape index (κ1) is 12.3. The van der Waals surface area contributed by atoms with Crippen LogP contribution >= 0.6 is 0 Å². The van der Waals surface area contributed by atoms with Crippen molar-refractivity contribution in [2.24, 2.45) is 0 Å². The van der Waals surface area contributed by atoms with E-state index in [0.717, 1.165) is 13.0 Å². The second-order valence-corrected chi connectivity index (χ2v) is 4.41. The third-order valence-corrected chi connectivity index (χ3v) is 2.89. The SMILES string of the molecule is CCCC[NH+](C)Cc1ccc(CC)cc1. The Morgan fingerprint density at radius 3 is 2.13 bits per heavy atom. The largest absolute Gasteiger partial charge is 0.334 e. The highest BCUT2D eigenvalue weighted by atomic mass is 15.1. The van der Waals surface area contributed by atoms with Gasteiger partial charge in [-0.1, -0.05) is 44.5 Å². The molecule has 1 rings (SSSR count). The Hall–Kier alpha value is -0.820. The Labute approximate surface area is 94.1 Å². The molecule has 1 unspecified atom stereocenters. The minimum Gasteiger partial charge on any atom is -0.334 e. The lowest BCUT2D eigenvalue weighted by Gasteiger charge is -2.13. The average Bonchev–Trinajstić information content (AvgIpc) is 2.27. The number of rotatable bonds is 6. The van der Waals surface area contributed by atoms with Gasteiger partial charge in [-0.3, -0.25) is 0 Å². The normalized spacial score (nSPS) is 12.7. The van der Waals surface area contributed by atoms with Crippen LogP contribution in [-0.4, -0.2) is 13.6 Å². The van der Waals surface area contributed by atoms with Gasteiger partial charge in [-0.25, -0.2) is 0 Å². The van der Waals surface area contributed by atoms with E-state index in [4.69, 9.17) is 0 Å². The van der Waals surface area contributed by atoms with Crippen LogP contribution in [0.4, 0.5) is 0 Å². The van der Waals surface area contributed by atoms with Crippen LogP contribution in [0.15, 0.2) is 24.3 Å². The molecule has 0 aliphatic rings. The van der Waals surface area contributed by atoms with Gasteiger partial charge in [0.05, 0.1) is 13.6 Å². The molecular weight excluding hydrogens is 182 g/mol. The quantitative estimate of drug-likeness (QED) is 0.727. The monoisotopic (exact) mass is 206 g/mol. The van der Waals surface area contributed by atoms with E-state index in [1.165, 1.54) is 30.5 Å². The fraction of sp³-hybridized carbons (Fsp3) is 0.571. The van der Waals surface area contributed by atoms with Gasteiger partial charge in [-0.05, 0) is 18.4 Å². The maximum atomic E-state index is 2.28. The average molecular weight is 206 g/mol. The molecule has 0 saturated heterocycles. The van der Waals surface area contributed by atoms with Crippen molar-refractivity contribution in [3.8, 4) is 0 Å². The number of hydrogen-bond donors (Lipinski definition) is 1. The molecule has 1 heteroatoms. The van der Waals surface area contributed by atoms with Crippen LogP contribution in [-0.2, 0) is 13.0 Å². The zero-order valence-electron chi connectivity index (χ0n) is 10.3. The summed E-state index contributed by atoms with van der Waals surface area (Å²) < 4.78 is 0. The van der Waals surface area contributed by atoms with Gasteiger partial charge in [-0.15, -0.1) is 0 Å². The minimum absolute atomic E-state index is 1.14. The minimum atomic E-state index is 1.14. The molecule has 0 aliphatic carbocycles. The number of quaternary nitrogens is 1. The van der Waals surface area contributed by atoms with Crippen LogP contribution in [0, 0.1) is 0 Å². The molecule has 0 fully saturated rings. The van der Waals surface area contributed by atoms with Crippen molar-refractivity contribution in [1.29, 1.82) is 0 Å². The number of unbranched alkanes of at least 4 members (excludes halogenated alkanes) is 1. The molecule has 0 aliphatic heterocycles. The van der Waals surface area contributed by atoms with Crippen LogP contribution in [0.2, 0.25) is 0 Å². The van der Waals surface area contributed by atoms with Gasteiger partial charge in [0.1, 0.15) is 6.54 Å². The first-order valence-corrected chi connectivity index (χ1v) is 6.15. The van der Waals surface area contributed by atoms with Crippen molar-refractivity contribution in [2.75, 3.05) is 13.6 Å². The molecule has 0 saturated carbocycles. The third-order valence-electron chi connectivity index (χ3n) is 2.89. The second-order valence-electron chi connectivity index (χ2n) is 4.41. The Kier molecular flexibility index (Phi) is 5.41. The Balaban J connectivity index is 2.42. The number of nitrogens with one attached hydrogen (secondary N) is 1. The smallest absolute Gasteiger partial charge is 0.103 e. The van der Waals surface area contributed by atoms with E-state index in [0.29, 0.717) is 0 Å². The van der Waals surface area contributed by atoms with Crippen molar-refractivity contribution in [3.63, 3.8) is 0 Å². The number of hydrogen-bond acceptors (Lipinski definition) is 0. The molecular formula is C14H24N+. The Morgan fingerprint density at radius 2 is 1.60 bits per heavy atom. The van der Waals surface area contributed by atoms with Gasteiger partial charge >= 0.3 is 0 Å². The molecule has 1 N–H and O–H groups in total. The van der Waals surface area contributed by atoms with Crippen molar-refractivity contribution in [3.05, 3.63) is 35.4 Å². The van der Waals surface area contributed by atoms with E-state index < -0.39 is 0 Å². The van der Waals surface area contributed by atoms with Crippen molar-refractivity contribution < 1.29 is 4.90 Å². The maximum absolute atomic E-state index is 2.28. The standard InChI is InChI=1S/C14H23N/c1-4-6-11-15(3)12-14-9-7-13(5-2)8-10-14/h7-10H,4-6,11-12H2,1-3H3/p+1. The molecule has 84 valence electrons. The molecule has 0 heterocycles. The van der Waals surface area contributed by atoms with Gasteiger partial charge in [0.2, 0.25) is 0 Å². The molecule has 1 aromatic rings. The van der Waals surface area contributed by atoms with Gasteiger partial charge in [-0.2, -0.15) is 0 Å². The topological polar surface area (TPSA) is 4.44 Å². The lowest BCUT2D eigenvalue weighted by molar-refractivity contribution is -0.894. The lowest BCUT2D eigenvalue weighted by atomic mass is 10.1. The summed E-state index contributed by atoms with van der Waals surface area (Å²) in [5, 5.41) is 0. The molecule has 0 radical (unpaired) electrons. The molecule has 0 bridgehead atoms. The van der Waals surface area contributed by atoms with Crippen LogP contribution in [0.1, 0.15) is 37.8 Å². The Morgan fingerprint density at radius 1 is 1.00 bits per heavy atom. The zero-order chi connectivity index (χ0) is 11.1. The first-order valence-electron chi connectivity index (χ1n) is 6.15. The highest BCUT2D eigenvalue weighted by molar-refractivity contribution is 5.21. The van der Waals surface area contributed by atoms with Crippen LogP contribution in [0.5, 0.6) is 0 Å². The molecule has 15 heavy (non-hydrogen) atoms. The van der Waals surface area contributed by atoms with Crippen LogP contribution in [0.3, 0.4) is 0 Å². The zero-order valence-corrected chi connectivity index (χ0v) is 10.3. The molecule has 1 nitrogen and oxygen atoms in total. The predicted molar refractivity (Wildman–Crippen MR) is 66.2 cm³/mol. The van der Waals surface area contributed by atoms with Crippen molar-refractivity contribution >= 4 is 0 Å². The molecule has 0 amide bonds. The summed E-state index contributed by atoms with van der Waals surface area (Å²) in [5.41, 5.74) is 2.89. The van der Waals surface area contributed by atoms with Gasteiger partial charge < -0.3 is 4.90 Å². The third kappa shape index (κ3) is 4.48. The summed E-state index contributed by atoms with van der Waals surface area (Å²) in [4.78, 5) is 1.61. The molecule has 0 spiro atoms. The predicted octanol–water partition coefficient (Wildman–Crippen LogP) is 2.06. The van der Waals surface area contributed by atoms with Crippen LogP contribution < -0.4 is 4.90 Å². The second kappa shape index (κ2) is 6.62. The van der Waals surface area contributed by atoms with Gasteiger partial charge in [0.15, 0.2) is 0 Å². The highest BCUT2D eigenvalue weighted by Crippen LogP contribution is 2.03. The van der Waals surface area contributed by atoms with Crippen molar-refractivity contribution in [2.45, 2.75) is 39.7 Å². The fourth-order valence-corrected chi connectivity index (χ4v) is 1.81. The van der Waals surface area contributed by atoms with Crippen molar-refractivity contribution in [1.82, 2.24) is 0 Å². The molecule has 0 aromatic heterocycles. The summed E-state index contributed by atoms with van der Waals surface area (Å²) in [6.07, 6.45) is 3.77. The van der Waals surface area contributed by atoms with Gasteiger partial charge in [0, 0.05) is 5.56 Å². The first-order chi connectivity index (χ1) is 7.26.